The molecule has 0 saturated heterocycles. The van der Waals surface area contributed by atoms with Gasteiger partial charge in [-0.1, -0.05) is 36.4 Å². The topological polar surface area (TPSA) is 65.9 Å². The Labute approximate surface area is 162 Å². The van der Waals surface area contributed by atoms with Crippen LogP contribution < -0.4 is 14.9 Å². The minimum Gasteiger partial charge on any atom is -0.504 e. The number of hydrogen-bond donors (Lipinski definition) is 3. The molecule has 0 fully saturated rings. The maximum atomic E-state index is 10.1. The molecule has 0 amide bonds. The number of phenolic OH excluding ortho intramolecular Hbond substituents is 1. The first kappa shape index (κ1) is 18.3. The zero-order valence-corrected chi connectivity index (χ0v) is 15.5. The van der Waals surface area contributed by atoms with E-state index in [1.165, 1.54) is 11.4 Å². The van der Waals surface area contributed by atoms with E-state index in [0.717, 1.165) is 16.8 Å². The third-order valence-corrected chi connectivity index (χ3v) is 4.15. The zero-order valence-electron chi connectivity index (χ0n) is 14.7. The van der Waals surface area contributed by atoms with Gasteiger partial charge in [0.05, 0.1) is 17.2 Å². The van der Waals surface area contributed by atoms with Crippen molar-refractivity contribution in [3.05, 3.63) is 83.9 Å². The fourth-order valence-electron chi connectivity index (χ4n) is 2.24. The van der Waals surface area contributed by atoms with E-state index >= 15 is 0 Å². The fourth-order valence-corrected chi connectivity index (χ4v) is 2.73. The van der Waals surface area contributed by atoms with Gasteiger partial charge in [-0.3, -0.25) is 0 Å². The van der Waals surface area contributed by atoms with Crippen LogP contribution in [-0.4, -0.2) is 11.3 Å². The maximum Gasteiger partial charge on any atom is 0.169 e. The van der Waals surface area contributed by atoms with Crippen LogP contribution in [0.2, 0.25) is 0 Å². The number of hydrazone groups is 1. The first-order valence-corrected chi connectivity index (χ1v) is 9.10. The molecule has 0 aliphatic heterocycles. The summed E-state index contributed by atoms with van der Waals surface area (Å²) in [5.74, 6) is 1.10. The number of rotatable bonds is 5. The summed E-state index contributed by atoms with van der Waals surface area (Å²) in [5.41, 5.74) is 5.62. The molecular weight excluding hydrogens is 358 g/mol. The van der Waals surface area contributed by atoms with Crippen LogP contribution in [0.4, 0.5) is 5.69 Å². The number of aryl methyl sites for hydroxylation is 1. The molecule has 3 aromatic rings. The molecule has 0 aliphatic carbocycles. The maximum absolute atomic E-state index is 10.1. The number of anilines is 1. The second-order valence-corrected chi connectivity index (χ2v) is 6.25. The summed E-state index contributed by atoms with van der Waals surface area (Å²) in [6, 6.07) is 22.4. The van der Waals surface area contributed by atoms with E-state index in [-0.39, 0.29) is 5.75 Å². The van der Waals surface area contributed by atoms with Gasteiger partial charge in [0, 0.05) is 11.4 Å². The molecule has 6 heteroatoms. The predicted octanol–water partition coefficient (Wildman–Crippen LogP) is 5.09. The van der Waals surface area contributed by atoms with Crippen LogP contribution in [0, 0.1) is 12.2 Å². The monoisotopic (exact) mass is 377 g/mol. The Morgan fingerprint density at radius 3 is 2.59 bits per heavy atom. The summed E-state index contributed by atoms with van der Waals surface area (Å²) in [4.78, 5) is 0. The molecule has 0 bridgehead atoms. The van der Waals surface area contributed by atoms with Gasteiger partial charge >= 0.3 is 0 Å². The van der Waals surface area contributed by atoms with Crippen molar-refractivity contribution in [2.75, 3.05) is 4.72 Å². The number of ether oxygens (including phenoxy) is 1. The molecule has 3 aromatic carbocycles. The minimum atomic E-state index is 0.0476. The highest BCUT2D eigenvalue weighted by Gasteiger charge is 2.04. The highest BCUT2D eigenvalue weighted by atomic mass is 32.1. The van der Waals surface area contributed by atoms with Crippen molar-refractivity contribution in [3.8, 4) is 22.6 Å². The van der Waals surface area contributed by atoms with Crippen molar-refractivity contribution in [1.29, 1.82) is 0 Å². The first-order valence-electron chi connectivity index (χ1n) is 8.29. The number of phenols is 1. The van der Waals surface area contributed by atoms with Gasteiger partial charge < -0.3 is 14.6 Å². The lowest BCUT2D eigenvalue weighted by Gasteiger charge is -2.07. The van der Waals surface area contributed by atoms with E-state index < -0.39 is 0 Å². The van der Waals surface area contributed by atoms with E-state index in [1.807, 2.05) is 67.6 Å². The Hall–Kier alpha value is -3.47. The van der Waals surface area contributed by atoms with E-state index in [9.17, 15) is 5.11 Å². The zero-order chi connectivity index (χ0) is 18.9. The Balaban J connectivity index is 1.54. The van der Waals surface area contributed by atoms with E-state index in [1.54, 1.807) is 18.3 Å². The van der Waals surface area contributed by atoms with Crippen LogP contribution in [0.15, 0.2) is 77.9 Å². The minimum absolute atomic E-state index is 0.0476. The Morgan fingerprint density at radius 1 is 1.04 bits per heavy atom. The molecule has 0 spiro atoms. The largest absolute Gasteiger partial charge is 0.504 e. The number of nitrogens with one attached hydrogen (secondary N) is 2. The lowest BCUT2D eigenvalue weighted by atomic mass is 10.2. The summed E-state index contributed by atoms with van der Waals surface area (Å²) in [6.07, 6.45) is 1.59. The Bertz CT molecular complexity index is 995. The van der Waals surface area contributed by atoms with E-state index in [4.69, 9.17) is 4.74 Å². The second-order valence-electron chi connectivity index (χ2n) is 5.63. The standard InChI is InChI=1S/C21H19N3O2S/c1-16-7-5-6-10-19(16)24-27-15-23-22-14-17-11-12-21(20(25)13-17)26-18-8-3-2-4-9-18/h2-14,23-25H,1H3/b22-14+. The summed E-state index contributed by atoms with van der Waals surface area (Å²) < 4.78 is 8.80. The van der Waals surface area contributed by atoms with Gasteiger partial charge in [0.25, 0.3) is 0 Å². The fraction of sp³-hybridized carbons (Fsp3) is 0.0476. The number of hydrogen-bond acceptors (Lipinski definition) is 5. The molecule has 5 nitrogen and oxygen atoms in total. The van der Waals surface area contributed by atoms with E-state index in [0.29, 0.717) is 11.5 Å². The van der Waals surface area contributed by atoms with Crippen LogP contribution in [0.3, 0.4) is 0 Å². The average Bonchev–Trinajstić information content (AvgIpc) is 2.69. The van der Waals surface area contributed by atoms with Crippen molar-refractivity contribution in [2.45, 2.75) is 6.92 Å². The lowest BCUT2D eigenvalue weighted by molar-refractivity contribution is 0.411. The summed E-state index contributed by atoms with van der Waals surface area (Å²) >= 11 is 1.27. The summed E-state index contributed by atoms with van der Waals surface area (Å²) in [7, 11) is 0. The first-order chi connectivity index (χ1) is 13.2. The van der Waals surface area contributed by atoms with Crippen LogP contribution in [0.25, 0.3) is 0 Å². The average molecular weight is 377 g/mol. The molecule has 0 aliphatic rings. The Kier molecular flexibility index (Phi) is 6.30. The van der Waals surface area contributed by atoms with Gasteiger partial charge in [-0.15, -0.1) is 0 Å². The lowest BCUT2D eigenvalue weighted by Crippen LogP contribution is -1.95. The van der Waals surface area contributed by atoms with Crippen molar-refractivity contribution in [3.63, 3.8) is 0 Å². The van der Waals surface area contributed by atoms with Gasteiger partial charge in [-0.05, 0) is 54.4 Å². The highest BCUT2D eigenvalue weighted by molar-refractivity contribution is 7.90. The Morgan fingerprint density at radius 2 is 1.81 bits per heavy atom. The highest BCUT2D eigenvalue weighted by Crippen LogP contribution is 2.30. The molecule has 0 unspecified atom stereocenters. The van der Waals surface area contributed by atoms with Crippen molar-refractivity contribution >= 4 is 23.3 Å². The second kappa shape index (κ2) is 9.29. The summed E-state index contributed by atoms with van der Waals surface area (Å²) in [6.45, 7) is 2.03. The normalized spacial score (nSPS) is 10.3. The smallest absolute Gasteiger partial charge is 0.169 e. The van der Waals surface area contributed by atoms with Crippen molar-refractivity contribution < 1.29 is 9.84 Å². The predicted molar refractivity (Wildman–Crippen MR) is 112 cm³/mol. The van der Waals surface area contributed by atoms with Crippen LogP contribution in [-0.2, 0) is 0 Å². The molecule has 3 rings (SSSR count). The molecule has 0 radical (unpaired) electrons. The number of nitrogens with zero attached hydrogens (tertiary/aromatic N) is 1. The third-order valence-electron chi connectivity index (χ3n) is 3.63. The van der Waals surface area contributed by atoms with Crippen LogP contribution >= 0.6 is 11.4 Å². The molecule has 0 aromatic heterocycles. The van der Waals surface area contributed by atoms with Gasteiger partial charge in [0.2, 0.25) is 0 Å². The van der Waals surface area contributed by atoms with Gasteiger partial charge in [-0.25, -0.2) is 5.43 Å². The molecule has 3 N–H and O–H groups in total. The molecule has 0 heterocycles. The van der Waals surface area contributed by atoms with Crippen molar-refractivity contribution in [2.24, 2.45) is 5.10 Å². The number of aromatic hydroxyl groups is 1. The van der Waals surface area contributed by atoms with Crippen LogP contribution in [0.5, 0.6) is 17.2 Å². The van der Waals surface area contributed by atoms with Gasteiger partial charge in [-0.2, -0.15) is 5.10 Å². The molecule has 136 valence electrons. The molecule has 0 atom stereocenters. The molecular formula is C21H19N3O2S. The molecule has 27 heavy (non-hydrogen) atoms. The van der Waals surface area contributed by atoms with Gasteiger partial charge in [0.1, 0.15) is 5.75 Å². The SMILES string of the molecule is Cc1ccccc1NS#CN/N=C/c1ccc(Oc2ccccc2)c(O)c1. The quantitative estimate of drug-likeness (QED) is 0.251. The number of para-hydroxylation sites is 2. The van der Waals surface area contributed by atoms with Crippen LogP contribution in [0.1, 0.15) is 11.1 Å². The van der Waals surface area contributed by atoms with Crippen molar-refractivity contribution in [1.82, 2.24) is 5.43 Å². The summed E-state index contributed by atoms with van der Waals surface area (Å²) in [5, 5.41) is 17.0. The number of benzene rings is 3. The van der Waals surface area contributed by atoms with E-state index in [2.05, 4.69) is 20.6 Å². The van der Waals surface area contributed by atoms with Gasteiger partial charge in [0.15, 0.2) is 11.5 Å². The third kappa shape index (κ3) is 5.51. The molecule has 0 saturated carbocycles.